The lowest BCUT2D eigenvalue weighted by molar-refractivity contribution is -0.148. The molecule has 1 fully saturated rings. The third kappa shape index (κ3) is 1.29. The van der Waals surface area contributed by atoms with Crippen LogP contribution in [-0.2, 0) is 4.79 Å². The average Bonchev–Trinajstić information content (AvgIpc) is 1.89. The molecule has 1 unspecified atom stereocenters. The second-order valence-electron chi connectivity index (χ2n) is 3.15. The van der Waals surface area contributed by atoms with Crippen molar-refractivity contribution in [3.8, 4) is 0 Å². The second-order valence-corrected chi connectivity index (χ2v) is 3.15. The van der Waals surface area contributed by atoms with Gasteiger partial charge in [-0.1, -0.05) is 0 Å². The summed E-state index contributed by atoms with van der Waals surface area (Å²) in [5.41, 5.74) is -0.516. The van der Waals surface area contributed by atoms with Crippen LogP contribution in [0.5, 0.6) is 0 Å². The highest BCUT2D eigenvalue weighted by atomic mass is 16.4. The van der Waals surface area contributed by atoms with Crippen LogP contribution in [0, 0.1) is 5.41 Å². The van der Waals surface area contributed by atoms with Gasteiger partial charge in [0.2, 0.25) is 0 Å². The molecule has 0 aromatic rings. The third-order valence-electron chi connectivity index (χ3n) is 2.11. The van der Waals surface area contributed by atoms with Crippen LogP contribution in [0.15, 0.2) is 0 Å². The molecule has 1 aliphatic rings. The summed E-state index contributed by atoms with van der Waals surface area (Å²) in [6.07, 6.45) is 1.78. The van der Waals surface area contributed by atoms with Crippen LogP contribution in [0.2, 0.25) is 0 Å². The van der Waals surface area contributed by atoms with Gasteiger partial charge in [0.25, 0.3) is 0 Å². The Labute approximate surface area is 60.4 Å². The summed E-state index contributed by atoms with van der Waals surface area (Å²) < 4.78 is 0. The molecule has 10 heavy (non-hydrogen) atoms. The number of hydrogen-bond donors (Lipinski definition) is 2. The van der Waals surface area contributed by atoms with Crippen molar-refractivity contribution in [2.45, 2.75) is 19.8 Å². The fraction of sp³-hybridized carbons (Fsp3) is 0.857. The summed E-state index contributed by atoms with van der Waals surface area (Å²) in [6.45, 7) is 3.37. The Kier molecular flexibility index (Phi) is 1.94. The van der Waals surface area contributed by atoms with Crippen LogP contribution < -0.4 is 5.32 Å². The smallest absolute Gasteiger partial charge is 0.310 e. The standard InChI is InChI=1S/C7H13NO2/c1-7(6(9)10)3-2-4-8-5-7/h8H,2-5H2,1H3,(H,9,10). The van der Waals surface area contributed by atoms with Crippen molar-refractivity contribution in [2.75, 3.05) is 13.1 Å². The van der Waals surface area contributed by atoms with E-state index in [1.807, 2.05) is 0 Å². The Hall–Kier alpha value is -0.570. The van der Waals surface area contributed by atoms with Gasteiger partial charge in [0, 0.05) is 6.54 Å². The van der Waals surface area contributed by atoms with Crippen molar-refractivity contribution in [1.82, 2.24) is 5.32 Å². The van der Waals surface area contributed by atoms with Gasteiger partial charge in [-0.2, -0.15) is 0 Å². The van der Waals surface area contributed by atoms with Gasteiger partial charge in [-0.15, -0.1) is 0 Å². The van der Waals surface area contributed by atoms with Crippen molar-refractivity contribution in [3.63, 3.8) is 0 Å². The molecule has 0 bridgehead atoms. The van der Waals surface area contributed by atoms with E-state index < -0.39 is 11.4 Å². The predicted octanol–water partition coefficient (Wildman–Crippen LogP) is 0.461. The number of aliphatic carboxylic acids is 1. The lowest BCUT2D eigenvalue weighted by Crippen LogP contribution is -2.43. The van der Waals surface area contributed by atoms with E-state index in [1.54, 1.807) is 6.92 Å². The van der Waals surface area contributed by atoms with Crippen molar-refractivity contribution >= 4 is 5.97 Å². The minimum Gasteiger partial charge on any atom is -0.481 e. The second kappa shape index (κ2) is 2.58. The van der Waals surface area contributed by atoms with E-state index >= 15 is 0 Å². The van der Waals surface area contributed by atoms with Crippen LogP contribution in [0.1, 0.15) is 19.8 Å². The van der Waals surface area contributed by atoms with Gasteiger partial charge in [-0.05, 0) is 26.3 Å². The average molecular weight is 143 g/mol. The first kappa shape index (κ1) is 7.54. The van der Waals surface area contributed by atoms with E-state index in [0.29, 0.717) is 6.54 Å². The molecule has 3 nitrogen and oxygen atoms in total. The molecule has 0 radical (unpaired) electrons. The molecule has 0 aromatic heterocycles. The van der Waals surface area contributed by atoms with E-state index in [1.165, 1.54) is 0 Å². The summed E-state index contributed by atoms with van der Waals surface area (Å²) in [4.78, 5) is 10.6. The van der Waals surface area contributed by atoms with Crippen LogP contribution in [-0.4, -0.2) is 24.2 Å². The Bertz CT molecular complexity index is 139. The van der Waals surface area contributed by atoms with E-state index in [2.05, 4.69) is 5.32 Å². The largest absolute Gasteiger partial charge is 0.481 e. The summed E-state index contributed by atoms with van der Waals surface area (Å²) in [7, 11) is 0. The molecule has 1 saturated heterocycles. The van der Waals surface area contributed by atoms with Crippen LogP contribution in [0.4, 0.5) is 0 Å². The molecule has 58 valence electrons. The first-order chi connectivity index (χ1) is 4.65. The molecule has 0 saturated carbocycles. The van der Waals surface area contributed by atoms with Crippen molar-refractivity contribution < 1.29 is 9.90 Å². The minimum atomic E-state index is -0.681. The molecule has 2 N–H and O–H groups in total. The monoisotopic (exact) mass is 143 g/mol. The number of rotatable bonds is 1. The van der Waals surface area contributed by atoms with Gasteiger partial charge < -0.3 is 10.4 Å². The number of carboxylic acids is 1. The first-order valence-corrected chi connectivity index (χ1v) is 3.59. The quantitative estimate of drug-likeness (QED) is 0.560. The predicted molar refractivity (Wildman–Crippen MR) is 37.8 cm³/mol. The molecule has 0 aliphatic carbocycles. The maximum atomic E-state index is 10.6. The zero-order valence-electron chi connectivity index (χ0n) is 6.18. The van der Waals surface area contributed by atoms with E-state index in [4.69, 9.17) is 5.11 Å². The summed E-state index contributed by atoms with van der Waals surface area (Å²) in [6, 6.07) is 0. The fourth-order valence-electron chi connectivity index (χ4n) is 1.24. The SMILES string of the molecule is CC1(C(=O)O)CCCNC1. The van der Waals surface area contributed by atoms with Gasteiger partial charge in [0.1, 0.15) is 0 Å². The van der Waals surface area contributed by atoms with Gasteiger partial charge in [-0.25, -0.2) is 0 Å². The maximum Gasteiger partial charge on any atom is 0.310 e. The van der Waals surface area contributed by atoms with Gasteiger partial charge >= 0.3 is 5.97 Å². The van der Waals surface area contributed by atoms with E-state index in [0.717, 1.165) is 19.4 Å². The van der Waals surface area contributed by atoms with Gasteiger partial charge in [0.15, 0.2) is 0 Å². The number of hydrogen-bond acceptors (Lipinski definition) is 2. The lowest BCUT2D eigenvalue weighted by Gasteiger charge is -2.29. The molecule has 1 rings (SSSR count). The molecule has 0 amide bonds. The summed E-state index contributed by atoms with van der Waals surface area (Å²) in [5, 5.41) is 11.8. The number of carboxylic acid groups (broad SMARTS) is 1. The number of piperidine rings is 1. The summed E-state index contributed by atoms with van der Waals surface area (Å²) >= 11 is 0. The molecule has 1 heterocycles. The molecule has 1 aliphatic heterocycles. The Balaban J connectivity index is 2.56. The number of carbonyl (C=O) groups is 1. The molecular weight excluding hydrogens is 130 g/mol. The highest BCUT2D eigenvalue weighted by molar-refractivity contribution is 5.74. The molecule has 3 heteroatoms. The van der Waals surface area contributed by atoms with Crippen molar-refractivity contribution in [1.29, 1.82) is 0 Å². The van der Waals surface area contributed by atoms with E-state index in [-0.39, 0.29) is 0 Å². The van der Waals surface area contributed by atoms with Crippen molar-refractivity contribution in [2.24, 2.45) is 5.41 Å². The summed E-state index contributed by atoms with van der Waals surface area (Å²) in [5.74, 6) is -0.681. The molecule has 1 atom stereocenters. The molecule has 0 spiro atoms. The van der Waals surface area contributed by atoms with Gasteiger partial charge in [-0.3, -0.25) is 4.79 Å². The maximum absolute atomic E-state index is 10.6. The third-order valence-corrected chi connectivity index (χ3v) is 2.11. The first-order valence-electron chi connectivity index (χ1n) is 3.59. The van der Waals surface area contributed by atoms with Crippen LogP contribution >= 0.6 is 0 Å². The van der Waals surface area contributed by atoms with Crippen LogP contribution in [0.25, 0.3) is 0 Å². The Morgan fingerprint density at radius 3 is 2.70 bits per heavy atom. The highest BCUT2D eigenvalue weighted by Crippen LogP contribution is 2.24. The van der Waals surface area contributed by atoms with Crippen LogP contribution in [0.3, 0.4) is 0 Å². The highest BCUT2D eigenvalue weighted by Gasteiger charge is 2.34. The lowest BCUT2D eigenvalue weighted by atomic mass is 9.83. The molecular formula is C7H13NO2. The molecule has 0 aromatic carbocycles. The Morgan fingerprint density at radius 1 is 1.70 bits per heavy atom. The normalized spacial score (nSPS) is 33.7. The topological polar surface area (TPSA) is 49.3 Å². The zero-order chi connectivity index (χ0) is 7.61. The fourth-order valence-corrected chi connectivity index (χ4v) is 1.24. The van der Waals surface area contributed by atoms with Gasteiger partial charge in [0.05, 0.1) is 5.41 Å². The number of nitrogens with one attached hydrogen (secondary N) is 1. The Morgan fingerprint density at radius 2 is 2.40 bits per heavy atom. The zero-order valence-corrected chi connectivity index (χ0v) is 6.18. The van der Waals surface area contributed by atoms with E-state index in [9.17, 15) is 4.79 Å². The van der Waals surface area contributed by atoms with Crippen molar-refractivity contribution in [3.05, 3.63) is 0 Å². The minimum absolute atomic E-state index is 0.516.